The molecule has 0 spiro atoms. The van der Waals surface area contributed by atoms with E-state index < -0.39 is 11.6 Å². The van der Waals surface area contributed by atoms with Crippen LogP contribution in [0.3, 0.4) is 0 Å². The van der Waals surface area contributed by atoms with Crippen molar-refractivity contribution in [1.82, 2.24) is 0 Å². The first-order valence-electron chi connectivity index (χ1n) is 6.82. The summed E-state index contributed by atoms with van der Waals surface area (Å²) < 4.78 is 10.9. The van der Waals surface area contributed by atoms with Crippen LogP contribution in [0.1, 0.15) is 31.4 Å². The molecule has 1 N–H and O–H groups in total. The molecule has 0 fully saturated rings. The topological polar surface area (TPSA) is 76.7 Å². The summed E-state index contributed by atoms with van der Waals surface area (Å²) >= 11 is 0. The van der Waals surface area contributed by atoms with Crippen LogP contribution in [0.2, 0.25) is 0 Å². The zero-order chi connectivity index (χ0) is 15.6. The summed E-state index contributed by atoms with van der Waals surface area (Å²) in [7, 11) is 0. The first kappa shape index (κ1) is 15.1. The van der Waals surface area contributed by atoms with Crippen molar-refractivity contribution in [3.63, 3.8) is 0 Å². The molecule has 0 aliphatic heterocycles. The van der Waals surface area contributed by atoms with Gasteiger partial charge in [0.2, 0.25) is 0 Å². The lowest BCUT2D eigenvalue weighted by Gasteiger charge is -2.15. The second-order valence-electron chi connectivity index (χ2n) is 5.26. The van der Waals surface area contributed by atoms with E-state index in [1.54, 1.807) is 6.07 Å². The van der Waals surface area contributed by atoms with Gasteiger partial charge in [0.05, 0.1) is 6.10 Å². The van der Waals surface area contributed by atoms with Gasteiger partial charge in [0.15, 0.2) is 0 Å². The molecule has 2 rings (SSSR count). The minimum Gasteiger partial charge on any atom is -0.491 e. The van der Waals surface area contributed by atoms with Crippen molar-refractivity contribution in [2.75, 3.05) is 0 Å². The molecule has 0 aliphatic rings. The Kier molecular flexibility index (Phi) is 4.31. The van der Waals surface area contributed by atoms with E-state index in [2.05, 4.69) is 0 Å². The van der Waals surface area contributed by atoms with E-state index in [9.17, 15) is 9.59 Å². The molecule has 0 aliphatic carbocycles. The van der Waals surface area contributed by atoms with Crippen molar-refractivity contribution in [3.05, 3.63) is 39.7 Å². The van der Waals surface area contributed by atoms with Gasteiger partial charge in [-0.3, -0.25) is 4.79 Å². The number of benzene rings is 1. The van der Waals surface area contributed by atoms with Crippen LogP contribution in [-0.2, 0) is 11.2 Å². The van der Waals surface area contributed by atoms with Gasteiger partial charge in [-0.05, 0) is 44.4 Å². The molecule has 1 aromatic heterocycles. The minimum atomic E-state index is -0.859. The predicted molar refractivity (Wildman–Crippen MR) is 78.9 cm³/mol. The van der Waals surface area contributed by atoms with Gasteiger partial charge in [-0.15, -0.1) is 0 Å². The van der Waals surface area contributed by atoms with Crippen molar-refractivity contribution in [3.8, 4) is 5.75 Å². The quantitative estimate of drug-likeness (QED) is 0.857. The normalized spacial score (nSPS) is 11.0. The molecule has 5 heteroatoms. The van der Waals surface area contributed by atoms with E-state index in [-0.39, 0.29) is 12.5 Å². The number of carbonyl (C=O) groups is 1. The largest absolute Gasteiger partial charge is 0.491 e. The lowest BCUT2D eigenvalue weighted by atomic mass is 10.0. The highest BCUT2D eigenvalue weighted by atomic mass is 16.5. The number of ether oxygens (including phenoxy) is 1. The lowest BCUT2D eigenvalue weighted by molar-refractivity contribution is -0.136. The molecule has 1 aromatic carbocycles. The minimum absolute atomic E-state index is 0.0236. The summed E-state index contributed by atoms with van der Waals surface area (Å²) in [6.45, 7) is 5.60. The molecule has 1 heterocycles. The van der Waals surface area contributed by atoms with Crippen LogP contribution in [0.15, 0.2) is 27.4 Å². The molecule has 2 aromatic rings. The standard InChI is InChI=1S/C16H18O5/c1-9(2)20-13-8-14-12(10(3)6-16(19)21-14)7-11(13)4-5-15(17)18/h6-9H,4-5H2,1-3H3,(H,17,18). The Balaban J connectivity index is 2.56. The first-order chi connectivity index (χ1) is 9.86. The zero-order valence-corrected chi connectivity index (χ0v) is 12.3. The van der Waals surface area contributed by atoms with E-state index in [4.69, 9.17) is 14.3 Å². The van der Waals surface area contributed by atoms with Crippen molar-refractivity contribution in [1.29, 1.82) is 0 Å². The second-order valence-corrected chi connectivity index (χ2v) is 5.26. The maximum Gasteiger partial charge on any atom is 0.336 e. The highest BCUT2D eigenvalue weighted by Gasteiger charge is 2.13. The van der Waals surface area contributed by atoms with Crippen LogP contribution in [0.5, 0.6) is 5.75 Å². The maximum absolute atomic E-state index is 11.5. The van der Waals surface area contributed by atoms with Crippen LogP contribution in [0.25, 0.3) is 11.0 Å². The van der Waals surface area contributed by atoms with Gasteiger partial charge in [0, 0.05) is 23.9 Å². The Morgan fingerprint density at radius 1 is 1.33 bits per heavy atom. The fourth-order valence-corrected chi connectivity index (χ4v) is 2.19. The lowest BCUT2D eigenvalue weighted by Crippen LogP contribution is -2.09. The maximum atomic E-state index is 11.5. The zero-order valence-electron chi connectivity index (χ0n) is 12.3. The highest BCUT2D eigenvalue weighted by Crippen LogP contribution is 2.29. The monoisotopic (exact) mass is 290 g/mol. The summed E-state index contributed by atoms with van der Waals surface area (Å²) in [5.74, 6) is -0.297. The molecular formula is C16H18O5. The van der Waals surface area contributed by atoms with Gasteiger partial charge in [0.25, 0.3) is 0 Å². The summed E-state index contributed by atoms with van der Waals surface area (Å²) in [5, 5.41) is 9.65. The van der Waals surface area contributed by atoms with Crippen molar-refractivity contribution < 1.29 is 19.1 Å². The van der Waals surface area contributed by atoms with Gasteiger partial charge in [-0.2, -0.15) is 0 Å². The van der Waals surface area contributed by atoms with Crippen LogP contribution >= 0.6 is 0 Å². The van der Waals surface area contributed by atoms with E-state index in [1.807, 2.05) is 26.8 Å². The smallest absolute Gasteiger partial charge is 0.336 e. The Morgan fingerprint density at radius 2 is 2.05 bits per heavy atom. The fourth-order valence-electron chi connectivity index (χ4n) is 2.19. The van der Waals surface area contributed by atoms with Gasteiger partial charge in [-0.25, -0.2) is 4.79 Å². The van der Waals surface area contributed by atoms with Crippen LogP contribution in [-0.4, -0.2) is 17.2 Å². The number of hydrogen-bond acceptors (Lipinski definition) is 4. The first-order valence-corrected chi connectivity index (χ1v) is 6.82. The number of aryl methyl sites for hydroxylation is 2. The molecule has 0 bridgehead atoms. The van der Waals surface area contributed by atoms with Gasteiger partial charge >= 0.3 is 11.6 Å². The van der Waals surface area contributed by atoms with Crippen molar-refractivity contribution in [2.45, 2.75) is 39.7 Å². The van der Waals surface area contributed by atoms with Crippen molar-refractivity contribution >= 4 is 16.9 Å². The summed E-state index contributed by atoms with van der Waals surface area (Å²) in [4.78, 5) is 22.2. The average Bonchev–Trinajstić information content (AvgIpc) is 2.35. The highest BCUT2D eigenvalue weighted by molar-refractivity contribution is 5.83. The predicted octanol–water partition coefficient (Wildman–Crippen LogP) is 2.91. The van der Waals surface area contributed by atoms with Crippen LogP contribution < -0.4 is 10.4 Å². The molecule has 5 nitrogen and oxygen atoms in total. The molecule has 0 saturated carbocycles. The van der Waals surface area contributed by atoms with E-state index in [0.717, 1.165) is 16.5 Å². The second kappa shape index (κ2) is 5.99. The summed E-state index contributed by atoms with van der Waals surface area (Å²) in [6.07, 6.45) is 0.337. The van der Waals surface area contributed by atoms with Crippen LogP contribution in [0, 0.1) is 6.92 Å². The molecule has 112 valence electrons. The Hall–Kier alpha value is -2.30. The third-order valence-electron chi connectivity index (χ3n) is 3.10. The number of aliphatic carboxylic acids is 1. The van der Waals surface area contributed by atoms with Crippen LogP contribution in [0.4, 0.5) is 0 Å². The van der Waals surface area contributed by atoms with E-state index in [1.165, 1.54) is 6.07 Å². The Bertz CT molecular complexity index is 727. The summed E-state index contributed by atoms with van der Waals surface area (Å²) in [6, 6.07) is 4.93. The van der Waals surface area contributed by atoms with Gasteiger partial charge < -0.3 is 14.3 Å². The Labute approximate surface area is 122 Å². The van der Waals surface area contributed by atoms with Gasteiger partial charge in [-0.1, -0.05) is 0 Å². The molecular weight excluding hydrogens is 272 g/mol. The number of rotatable bonds is 5. The number of carboxylic acids is 1. The van der Waals surface area contributed by atoms with Crippen molar-refractivity contribution in [2.24, 2.45) is 0 Å². The molecule has 0 saturated heterocycles. The third kappa shape index (κ3) is 3.62. The number of carboxylic acid groups (broad SMARTS) is 1. The molecule has 0 unspecified atom stereocenters. The van der Waals surface area contributed by atoms with E-state index in [0.29, 0.717) is 17.8 Å². The Morgan fingerprint density at radius 3 is 2.67 bits per heavy atom. The summed E-state index contributed by atoms with van der Waals surface area (Å²) in [5.41, 5.74) is 1.65. The van der Waals surface area contributed by atoms with Gasteiger partial charge in [0.1, 0.15) is 11.3 Å². The molecule has 21 heavy (non-hydrogen) atoms. The fraction of sp³-hybridized carbons (Fsp3) is 0.375. The molecule has 0 radical (unpaired) electrons. The average molecular weight is 290 g/mol. The third-order valence-corrected chi connectivity index (χ3v) is 3.10. The SMILES string of the molecule is Cc1cc(=O)oc2cc(OC(C)C)c(CCC(=O)O)cc12. The number of fused-ring (bicyclic) bond motifs is 1. The van der Waals surface area contributed by atoms with E-state index >= 15 is 0 Å². The molecule has 0 amide bonds. The number of hydrogen-bond donors (Lipinski definition) is 1. The molecule has 0 atom stereocenters.